The molecule has 0 bridgehead atoms. The minimum atomic E-state index is -1.52. The van der Waals surface area contributed by atoms with Crippen LogP contribution in [0.5, 0.6) is 5.75 Å². The molecule has 0 radical (unpaired) electrons. The molecule has 47 heavy (non-hydrogen) atoms. The van der Waals surface area contributed by atoms with Gasteiger partial charge in [0.05, 0.1) is 34.5 Å². The SMILES string of the molecule is O=C1[C@H]2[C@H](CC=C3[C@H]2C[C@H]2C(=O)N(c4cccc(Cl)c4)C(=O)[C@@]2(c2ccccc2)[C@H]3c2ccc(O)c(F)c2)C(=O)N1c1ccccc1. The van der Waals surface area contributed by atoms with E-state index < -0.39 is 58.4 Å². The van der Waals surface area contributed by atoms with Crippen molar-refractivity contribution in [3.05, 3.63) is 137 Å². The van der Waals surface area contributed by atoms with Crippen molar-refractivity contribution in [2.75, 3.05) is 9.80 Å². The Bertz CT molecular complexity index is 2020. The second-order valence-corrected chi connectivity index (χ2v) is 13.1. The number of allylic oxidation sites excluding steroid dienone is 2. The van der Waals surface area contributed by atoms with Crippen molar-refractivity contribution in [3.8, 4) is 5.75 Å². The van der Waals surface area contributed by atoms with E-state index >= 15 is 9.18 Å². The van der Waals surface area contributed by atoms with Gasteiger partial charge in [0.15, 0.2) is 11.6 Å². The van der Waals surface area contributed by atoms with Crippen LogP contribution in [0.3, 0.4) is 0 Å². The molecule has 7 nitrogen and oxygen atoms in total. The first-order valence-electron chi connectivity index (χ1n) is 15.5. The number of carbonyl (C=O) groups excluding carboxylic acids is 4. The van der Waals surface area contributed by atoms with Crippen molar-refractivity contribution in [2.24, 2.45) is 23.7 Å². The number of phenols is 1. The lowest BCUT2D eigenvalue weighted by Gasteiger charge is -2.50. The zero-order chi connectivity index (χ0) is 32.6. The van der Waals surface area contributed by atoms with E-state index in [1.807, 2.05) is 12.1 Å². The highest BCUT2D eigenvalue weighted by Gasteiger charge is 2.70. The monoisotopic (exact) mass is 646 g/mol. The lowest BCUT2D eigenvalue weighted by Crippen LogP contribution is -2.53. The largest absolute Gasteiger partial charge is 0.505 e. The standard InChI is InChI=1S/C38H28ClFN2O5/c39-23-10-7-13-25(19-23)42-35(45)29-20-28-26(15-16-27-32(28)36(46)41(34(27)44)24-11-5-2-6-12-24)33(21-14-17-31(43)30(40)18-21)38(29,37(42)47)22-8-3-1-4-9-22/h1-15,17-19,27-29,32-33,43H,16,20H2/t27-,28+,29-,32-,33-,38+/m0/s1. The molecule has 4 aromatic rings. The summed E-state index contributed by atoms with van der Waals surface area (Å²) < 4.78 is 15.2. The maximum absolute atomic E-state index is 15.2. The Labute approximate surface area is 274 Å². The highest BCUT2D eigenvalue weighted by molar-refractivity contribution is 6.32. The van der Waals surface area contributed by atoms with Gasteiger partial charge in [0.25, 0.3) is 0 Å². The van der Waals surface area contributed by atoms with Crippen LogP contribution in [-0.2, 0) is 24.6 Å². The molecule has 4 amide bonds. The number of anilines is 2. The molecule has 4 aromatic carbocycles. The zero-order valence-corrected chi connectivity index (χ0v) is 25.7. The van der Waals surface area contributed by atoms with Crippen molar-refractivity contribution in [2.45, 2.75) is 24.2 Å². The van der Waals surface area contributed by atoms with Crippen LogP contribution in [0, 0.1) is 29.5 Å². The second kappa shape index (κ2) is 10.7. The Balaban J connectivity index is 1.36. The van der Waals surface area contributed by atoms with Crippen molar-refractivity contribution in [1.82, 2.24) is 0 Å². The van der Waals surface area contributed by atoms with Gasteiger partial charge in [0, 0.05) is 10.9 Å². The Morgan fingerprint density at radius 2 is 1.45 bits per heavy atom. The van der Waals surface area contributed by atoms with Crippen LogP contribution in [0.4, 0.5) is 15.8 Å². The van der Waals surface area contributed by atoms with E-state index in [0.29, 0.717) is 33.1 Å². The molecule has 1 N–H and O–H groups in total. The zero-order valence-electron chi connectivity index (χ0n) is 24.9. The molecular formula is C38H28ClFN2O5. The number of hydrogen-bond donors (Lipinski definition) is 1. The molecule has 0 aromatic heterocycles. The number of carbonyl (C=O) groups is 4. The fourth-order valence-corrected chi connectivity index (χ4v) is 8.84. The van der Waals surface area contributed by atoms with E-state index in [0.717, 1.165) is 0 Å². The van der Waals surface area contributed by atoms with E-state index in [-0.39, 0.29) is 24.7 Å². The van der Waals surface area contributed by atoms with E-state index in [1.165, 1.54) is 21.9 Å². The summed E-state index contributed by atoms with van der Waals surface area (Å²) in [4.78, 5) is 60.3. The van der Waals surface area contributed by atoms with E-state index in [9.17, 15) is 19.5 Å². The van der Waals surface area contributed by atoms with Gasteiger partial charge >= 0.3 is 0 Å². The quantitative estimate of drug-likeness (QED) is 0.200. The highest BCUT2D eigenvalue weighted by atomic mass is 35.5. The summed E-state index contributed by atoms with van der Waals surface area (Å²) in [5.41, 5.74) is 0.933. The van der Waals surface area contributed by atoms with Crippen LogP contribution in [0.25, 0.3) is 0 Å². The fraction of sp³-hybridized carbons (Fsp3) is 0.211. The van der Waals surface area contributed by atoms with Crippen LogP contribution in [0.15, 0.2) is 115 Å². The Morgan fingerprint density at radius 1 is 0.745 bits per heavy atom. The smallest absolute Gasteiger partial charge is 0.246 e. The number of nitrogens with zero attached hydrogens (tertiary/aromatic N) is 2. The third kappa shape index (κ3) is 4.10. The number of hydrogen-bond acceptors (Lipinski definition) is 5. The van der Waals surface area contributed by atoms with E-state index in [2.05, 4.69) is 0 Å². The predicted molar refractivity (Wildman–Crippen MR) is 173 cm³/mol. The topological polar surface area (TPSA) is 95.0 Å². The molecule has 6 atom stereocenters. The number of phenolic OH excluding ortho intramolecular Hbond substituents is 1. The highest BCUT2D eigenvalue weighted by Crippen LogP contribution is 2.64. The van der Waals surface area contributed by atoms with Crippen molar-refractivity contribution in [3.63, 3.8) is 0 Å². The molecule has 234 valence electrons. The molecule has 2 aliphatic carbocycles. The van der Waals surface area contributed by atoms with Crippen molar-refractivity contribution >= 4 is 46.6 Å². The molecule has 3 fully saturated rings. The number of imide groups is 2. The number of amides is 4. The minimum Gasteiger partial charge on any atom is -0.505 e. The number of para-hydroxylation sites is 1. The maximum atomic E-state index is 15.2. The number of rotatable bonds is 4. The first kappa shape index (κ1) is 29.3. The van der Waals surface area contributed by atoms with Crippen LogP contribution in [0.1, 0.15) is 29.9 Å². The number of fused-ring (bicyclic) bond motifs is 4. The Morgan fingerprint density at radius 3 is 2.15 bits per heavy atom. The van der Waals surface area contributed by atoms with Crippen LogP contribution in [-0.4, -0.2) is 28.7 Å². The molecular weight excluding hydrogens is 619 g/mol. The van der Waals surface area contributed by atoms with Crippen molar-refractivity contribution < 1.29 is 28.7 Å². The molecule has 2 heterocycles. The van der Waals surface area contributed by atoms with Gasteiger partial charge in [-0.15, -0.1) is 0 Å². The first-order chi connectivity index (χ1) is 22.7. The summed E-state index contributed by atoms with van der Waals surface area (Å²) in [5.74, 6) is -6.87. The Hall–Kier alpha value is -5.08. The molecule has 4 aliphatic rings. The summed E-state index contributed by atoms with van der Waals surface area (Å²) in [6.07, 6.45) is 2.29. The van der Waals surface area contributed by atoms with Crippen LogP contribution >= 0.6 is 11.6 Å². The summed E-state index contributed by atoms with van der Waals surface area (Å²) in [7, 11) is 0. The summed E-state index contributed by atoms with van der Waals surface area (Å²) in [5, 5.41) is 10.5. The number of aromatic hydroxyl groups is 1. The predicted octanol–water partition coefficient (Wildman–Crippen LogP) is 6.55. The number of halogens is 2. The van der Waals surface area contributed by atoms with Gasteiger partial charge in [-0.2, -0.15) is 0 Å². The fourth-order valence-electron chi connectivity index (χ4n) is 8.65. The average molecular weight is 647 g/mol. The maximum Gasteiger partial charge on any atom is 0.246 e. The minimum absolute atomic E-state index is 0.127. The molecule has 8 rings (SSSR count). The van der Waals surface area contributed by atoms with E-state index in [4.69, 9.17) is 11.6 Å². The van der Waals surface area contributed by atoms with Gasteiger partial charge in [-0.3, -0.25) is 24.1 Å². The van der Waals surface area contributed by atoms with Gasteiger partial charge in [-0.05, 0) is 72.4 Å². The lowest BCUT2D eigenvalue weighted by atomic mass is 9.49. The average Bonchev–Trinajstić information content (AvgIpc) is 3.47. The molecule has 2 aliphatic heterocycles. The van der Waals surface area contributed by atoms with Crippen molar-refractivity contribution in [1.29, 1.82) is 0 Å². The molecule has 1 saturated carbocycles. The van der Waals surface area contributed by atoms with Crippen LogP contribution in [0.2, 0.25) is 5.02 Å². The van der Waals surface area contributed by atoms with Gasteiger partial charge in [-0.1, -0.05) is 83.9 Å². The van der Waals surface area contributed by atoms with Crippen LogP contribution < -0.4 is 9.80 Å². The van der Waals surface area contributed by atoms with E-state index in [1.54, 1.807) is 84.9 Å². The third-order valence-corrected chi connectivity index (χ3v) is 10.7. The molecule has 2 saturated heterocycles. The van der Waals surface area contributed by atoms with Gasteiger partial charge in [-0.25, -0.2) is 9.29 Å². The summed E-state index contributed by atoms with van der Waals surface area (Å²) in [6, 6.07) is 28.3. The molecule has 0 spiro atoms. The summed E-state index contributed by atoms with van der Waals surface area (Å²) in [6.45, 7) is 0. The normalized spacial score (nSPS) is 28.2. The first-order valence-corrected chi connectivity index (χ1v) is 15.9. The second-order valence-electron chi connectivity index (χ2n) is 12.7. The summed E-state index contributed by atoms with van der Waals surface area (Å²) >= 11 is 6.34. The number of benzene rings is 4. The van der Waals surface area contributed by atoms with Gasteiger partial charge < -0.3 is 5.11 Å². The van der Waals surface area contributed by atoms with Gasteiger partial charge in [0.1, 0.15) is 0 Å². The van der Waals surface area contributed by atoms with Gasteiger partial charge in [0.2, 0.25) is 23.6 Å². The third-order valence-electron chi connectivity index (χ3n) is 10.5. The molecule has 9 heteroatoms. The lowest BCUT2D eigenvalue weighted by molar-refractivity contribution is -0.127. The Kier molecular flexibility index (Phi) is 6.70. The molecule has 0 unspecified atom stereocenters.